The molecule has 1 heterocycles. The quantitative estimate of drug-likeness (QED) is 0.925. The van der Waals surface area contributed by atoms with Crippen molar-refractivity contribution < 1.29 is 22.2 Å². The van der Waals surface area contributed by atoms with Crippen molar-refractivity contribution in [2.24, 2.45) is 10.1 Å². The summed E-state index contributed by atoms with van der Waals surface area (Å²) < 4.78 is 54.5. The second-order valence-corrected chi connectivity index (χ2v) is 7.45. The van der Waals surface area contributed by atoms with Gasteiger partial charge in [-0.25, -0.2) is 4.21 Å². The number of halogens is 3. The van der Waals surface area contributed by atoms with E-state index in [1.807, 2.05) is 0 Å². The van der Waals surface area contributed by atoms with E-state index in [9.17, 15) is 22.2 Å². The third-order valence-corrected chi connectivity index (χ3v) is 5.56. The molecular formula is C13H15F3N2O2S. The van der Waals surface area contributed by atoms with Gasteiger partial charge in [-0.1, -0.05) is 18.2 Å². The first-order chi connectivity index (χ1) is 9.71. The number of hydrogen-bond acceptors (Lipinski definition) is 3. The van der Waals surface area contributed by atoms with Gasteiger partial charge < -0.3 is 5.73 Å². The average Bonchev–Trinajstić information content (AvgIpc) is 2.41. The highest BCUT2D eigenvalue weighted by atomic mass is 32.2. The van der Waals surface area contributed by atoms with E-state index in [0.29, 0.717) is 0 Å². The fourth-order valence-corrected chi connectivity index (χ4v) is 4.16. The molecule has 1 amide bonds. The number of carbonyl (C=O) groups excluding carboxylic acids is 1. The van der Waals surface area contributed by atoms with Gasteiger partial charge in [0.2, 0.25) is 0 Å². The van der Waals surface area contributed by atoms with Crippen LogP contribution < -0.4 is 5.73 Å². The van der Waals surface area contributed by atoms with E-state index >= 15 is 0 Å². The molecule has 2 atom stereocenters. The number of carbonyl (C=O) groups is 1. The first-order valence-electron chi connectivity index (χ1n) is 6.38. The first kappa shape index (κ1) is 16.0. The Balaban J connectivity index is 2.20. The monoisotopic (exact) mass is 320 g/mol. The Morgan fingerprint density at radius 1 is 1.33 bits per heavy atom. The topological polar surface area (TPSA) is 72.5 Å². The molecule has 1 aromatic carbocycles. The highest BCUT2D eigenvalue weighted by molar-refractivity contribution is 7.93. The van der Waals surface area contributed by atoms with Crippen molar-refractivity contribution in [2.75, 3.05) is 11.5 Å². The van der Waals surface area contributed by atoms with Crippen LogP contribution in [0.4, 0.5) is 13.2 Å². The van der Waals surface area contributed by atoms with Gasteiger partial charge in [0.05, 0.1) is 21.3 Å². The van der Waals surface area contributed by atoms with E-state index in [4.69, 9.17) is 5.73 Å². The Bertz CT molecular complexity index is 664. The molecule has 0 saturated carbocycles. The number of nitrogens with zero attached hydrogens (tertiary/aromatic N) is 1. The van der Waals surface area contributed by atoms with E-state index in [-0.39, 0.29) is 29.9 Å². The van der Waals surface area contributed by atoms with E-state index in [0.717, 1.165) is 6.07 Å². The van der Waals surface area contributed by atoms with Gasteiger partial charge in [0.15, 0.2) is 0 Å². The summed E-state index contributed by atoms with van der Waals surface area (Å²) in [7, 11) is -2.80. The van der Waals surface area contributed by atoms with Crippen molar-refractivity contribution in [3.63, 3.8) is 0 Å². The van der Waals surface area contributed by atoms with Crippen LogP contribution >= 0.6 is 0 Å². The lowest BCUT2D eigenvalue weighted by atomic mass is 10.1. The molecule has 0 spiro atoms. The van der Waals surface area contributed by atoms with Crippen molar-refractivity contribution in [1.29, 1.82) is 0 Å². The third kappa shape index (κ3) is 3.82. The van der Waals surface area contributed by atoms with E-state index in [1.54, 1.807) is 0 Å². The molecule has 21 heavy (non-hydrogen) atoms. The van der Waals surface area contributed by atoms with E-state index in [1.165, 1.54) is 18.2 Å². The van der Waals surface area contributed by atoms with E-state index < -0.39 is 33.4 Å². The Morgan fingerprint density at radius 3 is 2.62 bits per heavy atom. The number of hydrogen-bond donors (Lipinski definition) is 1. The zero-order valence-corrected chi connectivity index (χ0v) is 11.9. The molecule has 4 nitrogen and oxygen atoms in total. The molecule has 8 heteroatoms. The Labute approximate surface area is 120 Å². The highest BCUT2D eigenvalue weighted by Gasteiger charge is 2.33. The third-order valence-electron chi connectivity index (χ3n) is 3.33. The minimum atomic E-state index is -4.45. The summed E-state index contributed by atoms with van der Waals surface area (Å²) in [5, 5.41) is 0. The molecule has 2 N–H and O–H groups in total. The number of benzene rings is 1. The molecule has 116 valence electrons. The average molecular weight is 320 g/mol. The van der Waals surface area contributed by atoms with Gasteiger partial charge in [0, 0.05) is 11.5 Å². The van der Waals surface area contributed by atoms with Crippen LogP contribution in [0.25, 0.3) is 0 Å². The number of nitrogens with two attached hydrogens (primary N) is 1. The largest absolute Gasteiger partial charge is 0.416 e. The standard InChI is InChI=1S/C13H15F3N2O2S/c14-13(15,16)10-4-2-1-3-9(10)5-7-21(20)8-6-11(17)12(19)18-21/h1-4,11H,5-8,17H2/t11-,21?/m0/s1. The van der Waals surface area contributed by atoms with Crippen molar-refractivity contribution in [3.05, 3.63) is 35.4 Å². The second-order valence-electron chi connectivity index (χ2n) is 4.91. The molecule has 2 rings (SSSR count). The van der Waals surface area contributed by atoms with Crippen LogP contribution in [0.1, 0.15) is 17.5 Å². The molecule has 0 aliphatic carbocycles. The van der Waals surface area contributed by atoms with Crippen molar-refractivity contribution in [1.82, 2.24) is 0 Å². The number of rotatable bonds is 3. The minimum absolute atomic E-state index is 0.0411. The van der Waals surface area contributed by atoms with Gasteiger partial charge in [-0.15, -0.1) is 0 Å². The number of amides is 1. The molecule has 1 aliphatic heterocycles. The van der Waals surface area contributed by atoms with Crippen LogP contribution in [0.3, 0.4) is 0 Å². The fourth-order valence-electron chi connectivity index (χ4n) is 2.14. The van der Waals surface area contributed by atoms with Crippen LogP contribution in [-0.2, 0) is 27.1 Å². The molecule has 0 aromatic heterocycles. The number of aryl methyl sites for hydroxylation is 1. The summed E-state index contributed by atoms with van der Waals surface area (Å²) in [6.45, 7) is 0. The van der Waals surface area contributed by atoms with Crippen LogP contribution in [0.5, 0.6) is 0 Å². The normalized spacial score (nSPS) is 26.5. The summed E-state index contributed by atoms with van der Waals surface area (Å²) in [4.78, 5) is 11.4. The van der Waals surface area contributed by atoms with Crippen LogP contribution in [0.2, 0.25) is 0 Å². The molecule has 1 aromatic rings. The van der Waals surface area contributed by atoms with Gasteiger partial charge >= 0.3 is 6.18 Å². The lowest BCUT2D eigenvalue weighted by molar-refractivity contribution is -0.138. The fraction of sp³-hybridized carbons (Fsp3) is 0.462. The Morgan fingerprint density at radius 2 is 2.00 bits per heavy atom. The summed E-state index contributed by atoms with van der Waals surface area (Å²) in [5.41, 5.74) is 4.79. The van der Waals surface area contributed by atoms with Gasteiger partial charge in [-0.05, 0) is 24.5 Å². The number of alkyl halides is 3. The predicted molar refractivity (Wildman–Crippen MR) is 73.1 cm³/mol. The zero-order chi connectivity index (χ0) is 15.7. The summed E-state index contributed by atoms with van der Waals surface area (Å²) in [6.07, 6.45) is -4.24. The lowest BCUT2D eigenvalue weighted by Gasteiger charge is -2.19. The van der Waals surface area contributed by atoms with Crippen molar-refractivity contribution in [2.45, 2.75) is 25.1 Å². The molecule has 0 saturated heterocycles. The summed E-state index contributed by atoms with van der Waals surface area (Å²) in [5.74, 6) is -0.553. The van der Waals surface area contributed by atoms with Crippen LogP contribution in [-0.4, -0.2) is 27.7 Å². The molecule has 0 radical (unpaired) electrons. The smallest absolute Gasteiger partial charge is 0.320 e. The van der Waals surface area contributed by atoms with Gasteiger partial charge in [-0.2, -0.15) is 17.5 Å². The summed E-state index contributed by atoms with van der Waals surface area (Å²) >= 11 is 0. The van der Waals surface area contributed by atoms with E-state index in [2.05, 4.69) is 4.36 Å². The first-order valence-corrected chi connectivity index (χ1v) is 8.24. The second kappa shape index (κ2) is 5.76. The molecule has 0 fully saturated rings. The van der Waals surface area contributed by atoms with Gasteiger partial charge in [-0.3, -0.25) is 4.79 Å². The van der Waals surface area contributed by atoms with Gasteiger partial charge in [0.25, 0.3) is 5.91 Å². The summed E-state index contributed by atoms with van der Waals surface area (Å²) in [6, 6.07) is 4.39. The predicted octanol–water partition coefficient (Wildman–Crippen LogP) is 1.97. The van der Waals surface area contributed by atoms with Crippen molar-refractivity contribution in [3.8, 4) is 0 Å². The lowest BCUT2D eigenvalue weighted by Crippen LogP contribution is -2.37. The highest BCUT2D eigenvalue weighted by Crippen LogP contribution is 2.32. The molecule has 0 bridgehead atoms. The maximum atomic E-state index is 12.9. The van der Waals surface area contributed by atoms with Gasteiger partial charge in [0.1, 0.15) is 0 Å². The van der Waals surface area contributed by atoms with Crippen LogP contribution in [0.15, 0.2) is 28.6 Å². The molecule has 1 aliphatic rings. The SMILES string of the molecule is N[C@H]1CCS(=O)(CCc2ccccc2C(F)(F)F)=NC1=O. The van der Waals surface area contributed by atoms with Crippen LogP contribution in [0, 0.1) is 0 Å². The maximum Gasteiger partial charge on any atom is 0.416 e. The maximum absolute atomic E-state index is 12.9. The Hall–Kier alpha value is -1.41. The zero-order valence-electron chi connectivity index (χ0n) is 11.1. The molecular weight excluding hydrogens is 305 g/mol. The molecule has 1 unspecified atom stereocenters. The minimum Gasteiger partial charge on any atom is -0.320 e. The van der Waals surface area contributed by atoms with Crippen molar-refractivity contribution >= 4 is 15.6 Å². The Kier molecular flexibility index (Phi) is 4.38.